The zero-order valence-electron chi connectivity index (χ0n) is 15.5. The molecule has 0 aliphatic carbocycles. The summed E-state index contributed by atoms with van der Waals surface area (Å²) < 4.78 is 0.700. The number of anilines is 2. The lowest BCUT2D eigenvalue weighted by molar-refractivity contribution is -0.121. The normalized spacial score (nSPS) is 14.3. The number of nitrogens with zero attached hydrogens (tertiary/aromatic N) is 3. The fourth-order valence-corrected chi connectivity index (χ4v) is 3.93. The summed E-state index contributed by atoms with van der Waals surface area (Å²) in [6.07, 6.45) is 0. The van der Waals surface area contributed by atoms with Crippen LogP contribution in [0.1, 0.15) is 33.3 Å². The van der Waals surface area contributed by atoms with Gasteiger partial charge >= 0.3 is 0 Å². The van der Waals surface area contributed by atoms with Gasteiger partial charge in [0.2, 0.25) is 11.0 Å². The molecule has 138 valence electrons. The van der Waals surface area contributed by atoms with E-state index in [0.717, 1.165) is 11.3 Å². The fraction of sp³-hybridized carbons (Fsp3) is 0.444. The summed E-state index contributed by atoms with van der Waals surface area (Å²) >= 11 is 2.73. The van der Waals surface area contributed by atoms with E-state index in [0.29, 0.717) is 9.47 Å². The number of benzene rings is 1. The van der Waals surface area contributed by atoms with Crippen molar-refractivity contribution in [3.63, 3.8) is 0 Å². The van der Waals surface area contributed by atoms with Crippen molar-refractivity contribution < 1.29 is 4.79 Å². The fourth-order valence-electron chi connectivity index (χ4n) is 2.02. The summed E-state index contributed by atoms with van der Waals surface area (Å²) in [6.45, 7) is 9.39. The van der Waals surface area contributed by atoms with Crippen LogP contribution in [0, 0.1) is 24.2 Å². The Labute approximate surface area is 162 Å². The third-order valence-electron chi connectivity index (χ3n) is 4.09. The van der Waals surface area contributed by atoms with Gasteiger partial charge in [0.05, 0.1) is 11.3 Å². The second kappa shape index (κ2) is 8.52. The van der Waals surface area contributed by atoms with E-state index >= 15 is 0 Å². The van der Waals surface area contributed by atoms with Crippen molar-refractivity contribution in [2.24, 2.45) is 5.92 Å². The Morgan fingerprint density at radius 2 is 2.08 bits per heavy atom. The molecule has 0 fully saturated rings. The van der Waals surface area contributed by atoms with Gasteiger partial charge in [-0.1, -0.05) is 49.1 Å². The number of nitrogens with one attached hydrogen (secondary N) is 2. The Hall–Kier alpha value is -2.11. The van der Waals surface area contributed by atoms with Crippen molar-refractivity contribution in [1.29, 1.82) is 5.26 Å². The molecule has 0 spiro atoms. The first kappa shape index (κ1) is 20.2. The highest BCUT2D eigenvalue weighted by atomic mass is 32.2. The molecule has 2 N–H and O–H groups in total. The molecule has 26 heavy (non-hydrogen) atoms. The van der Waals surface area contributed by atoms with Crippen LogP contribution in [0.25, 0.3) is 0 Å². The van der Waals surface area contributed by atoms with Crippen LogP contribution in [0.2, 0.25) is 0 Å². The van der Waals surface area contributed by atoms with Crippen molar-refractivity contribution in [3.8, 4) is 6.07 Å². The second-order valence-corrected chi connectivity index (χ2v) is 9.15. The number of aromatic nitrogens is 2. The molecule has 1 aromatic carbocycles. The van der Waals surface area contributed by atoms with Crippen LogP contribution in [0.15, 0.2) is 28.6 Å². The third kappa shape index (κ3) is 5.19. The minimum atomic E-state index is -0.884. The van der Waals surface area contributed by atoms with Crippen LogP contribution in [0.4, 0.5) is 10.8 Å². The number of amides is 1. The van der Waals surface area contributed by atoms with Gasteiger partial charge < -0.3 is 10.6 Å². The highest BCUT2D eigenvalue weighted by Gasteiger charge is 2.32. The number of hydrogen-bond donors (Lipinski definition) is 2. The van der Waals surface area contributed by atoms with Gasteiger partial charge in [0, 0.05) is 5.69 Å². The van der Waals surface area contributed by atoms with E-state index in [9.17, 15) is 10.1 Å². The first-order valence-corrected chi connectivity index (χ1v) is 10.00. The first-order chi connectivity index (χ1) is 12.2. The Morgan fingerprint density at radius 1 is 1.35 bits per heavy atom. The molecule has 0 unspecified atom stereocenters. The quantitative estimate of drug-likeness (QED) is 0.692. The maximum atomic E-state index is 12.4. The van der Waals surface area contributed by atoms with Crippen molar-refractivity contribution in [2.75, 3.05) is 5.32 Å². The van der Waals surface area contributed by atoms with Gasteiger partial charge in [0.1, 0.15) is 5.54 Å². The van der Waals surface area contributed by atoms with Crippen LogP contribution in [-0.2, 0) is 4.79 Å². The molecule has 1 amide bonds. The molecule has 6 nitrogen and oxygen atoms in total. The summed E-state index contributed by atoms with van der Waals surface area (Å²) in [5, 5.41) is 24.0. The van der Waals surface area contributed by atoms with Crippen molar-refractivity contribution in [3.05, 3.63) is 29.8 Å². The second-order valence-electron chi connectivity index (χ2n) is 6.59. The lowest BCUT2D eigenvalue weighted by Gasteiger charge is -2.28. The van der Waals surface area contributed by atoms with Crippen molar-refractivity contribution in [1.82, 2.24) is 15.5 Å². The summed E-state index contributed by atoms with van der Waals surface area (Å²) in [6, 6.07) is 10.2. The van der Waals surface area contributed by atoms with Gasteiger partial charge in [-0.3, -0.25) is 4.79 Å². The SMILES string of the molecule is Cc1cccc(Nc2nnc(S[C@H](C)C(=O)N[C@@](C)(C#N)C(C)C)s2)c1. The van der Waals surface area contributed by atoms with Gasteiger partial charge in [-0.25, -0.2) is 0 Å². The molecule has 2 rings (SSSR count). The minimum Gasteiger partial charge on any atom is -0.337 e. The van der Waals surface area contributed by atoms with Crippen LogP contribution >= 0.6 is 23.1 Å². The summed E-state index contributed by atoms with van der Waals surface area (Å²) in [5.41, 5.74) is 1.22. The largest absolute Gasteiger partial charge is 0.337 e. The van der Waals surface area contributed by atoms with Gasteiger partial charge in [-0.15, -0.1) is 10.2 Å². The predicted molar refractivity (Wildman–Crippen MR) is 107 cm³/mol. The molecule has 2 aromatic rings. The van der Waals surface area contributed by atoms with Crippen molar-refractivity contribution in [2.45, 2.75) is 49.7 Å². The van der Waals surface area contributed by atoms with Gasteiger partial charge in [0.15, 0.2) is 4.34 Å². The lowest BCUT2D eigenvalue weighted by atomic mass is 9.90. The number of rotatable bonds is 7. The zero-order chi connectivity index (χ0) is 19.3. The maximum Gasteiger partial charge on any atom is 0.234 e. The van der Waals surface area contributed by atoms with E-state index in [1.54, 1.807) is 13.8 Å². The van der Waals surface area contributed by atoms with Crippen LogP contribution in [-0.4, -0.2) is 26.9 Å². The number of carbonyl (C=O) groups excluding carboxylic acids is 1. The standard InChI is InChI=1S/C18H23N5OS2/c1-11(2)18(5,10-19)21-15(24)13(4)25-17-23-22-16(26-17)20-14-8-6-7-12(3)9-14/h6-9,11,13H,1-5H3,(H,20,22)(H,21,24)/t13-,18+/m1/s1. The van der Waals surface area contributed by atoms with E-state index in [1.165, 1.54) is 23.1 Å². The molecule has 8 heteroatoms. The molecular weight excluding hydrogens is 366 g/mol. The predicted octanol–water partition coefficient (Wildman–Crippen LogP) is 4.13. The number of aryl methyl sites for hydroxylation is 1. The third-order valence-corrected chi connectivity index (χ3v) is 6.12. The van der Waals surface area contributed by atoms with Gasteiger partial charge in [-0.05, 0) is 44.4 Å². The van der Waals surface area contributed by atoms with Gasteiger partial charge in [-0.2, -0.15) is 5.26 Å². The van der Waals surface area contributed by atoms with Crippen LogP contribution in [0.3, 0.4) is 0 Å². The molecular formula is C18H23N5OS2. The summed E-state index contributed by atoms with van der Waals surface area (Å²) in [4.78, 5) is 12.4. The molecule has 1 aromatic heterocycles. The number of carbonyl (C=O) groups is 1. The maximum absolute atomic E-state index is 12.4. The average molecular weight is 390 g/mol. The van der Waals surface area contributed by atoms with Crippen molar-refractivity contribution >= 4 is 39.8 Å². The van der Waals surface area contributed by atoms with Gasteiger partial charge in [0.25, 0.3) is 0 Å². The highest BCUT2D eigenvalue weighted by molar-refractivity contribution is 8.02. The Balaban J connectivity index is 1.97. The molecule has 0 saturated carbocycles. The molecule has 0 bridgehead atoms. The monoisotopic (exact) mass is 389 g/mol. The number of hydrogen-bond acceptors (Lipinski definition) is 7. The summed E-state index contributed by atoms with van der Waals surface area (Å²) in [5.74, 6) is -0.170. The molecule has 1 heterocycles. The molecule has 0 radical (unpaired) electrons. The highest BCUT2D eigenvalue weighted by Crippen LogP contribution is 2.31. The van der Waals surface area contributed by atoms with E-state index in [4.69, 9.17) is 0 Å². The smallest absolute Gasteiger partial charge is 0.234 e. The van der Waals surface area contributed by atoms with E-state index in [2.05, 4.69) is 26.9 Å². The lowest BCUT2D eigenvalue weighted by Crippen LogP contribution is -2.51. The van der Waals surface area contributed by atoms with E-state index < -0.39 is 5.54 Å². The van der Waals surface area contributed by atoms with Crippen LogP contribution < -0.4 is 10.6 Å². The molecule has 0 aliphatic rings. The number of thioether (sulfide) groups is 1. The molecule has 0 saturated heterocycles. The zero-order valence-corrected chi connectivity index (χ0v) is 17.2. The van der Waals surface area contributed by atoms with E-state index in [-0.39, 0.29) is 17.1 Å². The Morgan fingerprint density at radius 3 is 2.69 bits per heavy atom. The minimum absolute atomic E-state index is 0.0142. The first-order valence-electron chi connectivity index (χ1n) is 8.30. The van der Waals surface area contributed by atoms with E-state index in [1.807, 2.05) is 45.0 Å². The topological polar surface area (TPSA) is 90.7 Å². The molecule has 0 aliphatic heterocycles. The Bertz CT molecular complexity index is 814. The summed E-state index contributed by atoms with van der Waals surface area (Å²) in [7, 11) is 0. The Kier molecular flexibility index (Phi) is 6.62. The number of nitriles is 1. The molecule has 2 atom stereocenters. The van der Waals surface area contributed by atoms with Crippen LogP contribution in [0.5, 0.6) is 0 Å². The average Bonchev–Trinajstić information content (AvgIpc) is 3.01.